The molecule has 0 unspecified atom stereocenters. The fourth-order valence-corrected chi connectivity index (χ4v) is 2.55. The van der Waals surface area contributed by atoms with Crippen LogP contribution in [-0.4, -0.2) is 52.1 Å². The normalized spacial score (nSPS) is 12.2. The Morgan fingerprint density at radius 2 is 2.24 bits per heavy atom. The Labute approximate surface area is 102 Å². The van der Waals surface area contributed by atoms with Crippen molar-refractivity contribution >= 4 is 10.0 Å². The Balaban J connectivity index is 2.81. The number of aromatic amines is 1. The molecular formula is C10H19N3O3S. The smallest absolute Gasteiger partial charge is 0.244 e. The fourth-order valence-electron chi connectivity index (χ4n) is 1.38. The van der Waals surface area contributed by atoms with Gasteiger partial charge in [-0.2, -0.15) is 4.31 Å². The summed E-state index contributed by atoms with van der Waals surface area (Å²) in [4.78, 5) is 3.20. The van der Waals surface area contributed by atoms with Crippen LogP contribution in [0.2, 0.25) is 0 Å². The second-order valence-electron chi connectivity index (χ2n) is 3.71. The lowest BCUT2D eigenvalue weighted by Crippen LogP contribution is -2.29. The highest BCUT2D eigenvalue weighted by Crippen LogP contribution is 2.15. The van der Waals surface area contributed by atoms with Crippen molar-refractivity contribution in [1.82, 2.24) is 14.6 Å². The summed E-state index contributed by atoms with van der Waals surface area (Å²) in [5.41, 5.74) is 0.839. The van der Waals surface area contributed by atoms with Crippen molar-refractivity contribution in [3.8, 4) is 0 Å². The molecule has 0 saturated heterocycles. The number of sulfonamides is 1. The molecule has 7 heteroatoms. The highest BCUT2D eigenvalue weighted by atomic mass is 32.2. The Bertz CT molecular complexity index is 441. The van der Waals surface area contributed by atoms with E-state index in [0.717, 1.165) is 5.69 Å². The number of H-pyrrole nitrogens is 1. The maximum Gasteiger partial charge on any atom is 0.244 e. The minimum Gasteiger partial charge on any atom is -0.383 e. The standard InChI is InChI=1S/C10H19N3O3S/c1-11-7-9-6-10(8-12-9)17(14,15)13(2)4-5-16-3/h6,8,11-12H,4-5,7H2,1-3H3. The van der Waals surface area contributed by atoms with Gasteiger partial charge in [0.05, 0.1) is 11.5 Å². The first-order chi connectivity index (χ1) is 8.02. The van der Waals surface area contributed by atoms with E-state index in [2.05, 4.69) is 10.3 Å². The van der Waals surface area contributed by atoms with Gasteiger partial charge in [-0.3, -0.25) is 0 Å². The van der Waals surface area contributed by atoms with Gasteiger partial charge in [-0.25, -0.2) is 8.42 Å². The number of hydrogen-bond donors (Lipinski definition) is 2. The lowest BCUT2D eigenvalue weighted by Gasteiger charge is -2.15. The maximum absolute atomic E-state index is 12.1. The zero-order valence-corrected chi connectivity index (χ0v) is 11.2. The SMILES string of the molecule is CNCc1cc(S(=O)(=O)N(C)CCOC)c[nH]1. The summed E-state index contributed by atoms with van der Waals surface area (Å²) in [6.07, 6.45) is 1.51. The van der Waals surface area contributed by atoms with E-state index in [9.17, 15) is 8.42 Å². The predicted molar refractivity (Wildman–Crippen MR) is 65.2 cm³/mol. The van der Waals surface area contributed by atoms with Crippen LogP contribution < -0.4 is 5.32 Å². The topological polar surface area (TPSA) is 74.4 Å². The number of aromatic nitrogens is 1. The van der Waals surface area contributed by atoms with Crippen molar-refractivity contribution in [2.45, 2.75) is 11.4 Å². The molecule has 98 valence electrons. The van der Waals surface area contributed by atoms with Gasteiger partial charge in [-0.05, 0) is 13.1 Å². The Morgan fingerprint density at radius 3 is 2.82 bits per heavy atom. The summed E-state index contributed by atoms with van der Waals surface area (Å²) < 4.78 is 30.3. The second-order valence-corrected chi connectivity index (χ2v) is 5.76. The van der Waals surface area contributed by atoms with Crippen LogP contribution in [0.4, 0.5) is 0 Å². The van der Waals surface area contributed by atoms with Crippen LogP contribution in [0.1, 0.15) is 5.69 Å². The van der Waals surface area contributed by atoms with Crippen molar-refractivity contribution in [2.75, 3.05) is 34.4 Å². The number of hydrogen-bond acceptors (Lipinski definition) is 4. The molecule has 0 saturated carbocycles. The Hall–Kier alpha value is -0.890. The molecule has 0 aliphatic heterocycles. The molecule has 2 N–H and O–H groups in total. The van der Waals surface area contributed by atoms with Gasteiger partial charge >= 0.3 is 0 Å². The molecule has 0 aliphatic carbocycles. The molecule has 0 spiro atoms. The monoisotopic (exact) mass is 261 g/mol. The summed E-state index contributed by atoms with van der Waals surface area (Å²) in [5, 5.41) is 2.95. The Kier molecular flexibility index (Phi) is 5.13. The molecular weight excluding hydrogens is 242 g/mol. The molecule has 0 aliphatic rings. The summed E-state index contributed by atoms with van der Waals surface area (Å²) in [5.74, 6) is 0. The average molecular weight is 261 g/mol. The predicted octanol–water partition coefficient (Wildman–Crippen LogP) is 0.00100. The highest BCUT2D eigenvalue weighted by molar-refractivity contribution is 7.89. The maximum atomic E-state index is 12.1. The largest absolute Gasteiger partial charge is 0.383 e. The molecule has 6 nitrogen and oxygen atoms in total. The third kappa shape index (κ3) is 3.53. The van der Waals surface area contributed by atoms with Crippen LogP contribution in [0.3, 0.4) is 0 Å². The van der Waals surface area contributed by atoms with E-state index in [4.69, 9.17) is 4.74 Å². The third-order valence-electron chi connectivity index (χ3n) is 2.40. The number of methoxy groups -OCH3 is 1. The van der Waals surface area contributed by atoms with Crippen LogP contribution in [0.15, 0.2) is 17.2 Å². The first kappa shape index (κ1) is 14.2. The number of rotatable bonds is 7. The number of nitrogens with zero attached hydrogens (tertiary/aromatic N) is 1. The van der Waals surface area contributed by atoms with Crippen LogP contribution in [0, 0.1) is 0 Å². The van der Waals surface area contributed by atoms with Crippen molar-refractivity contribution in [3.63, 3.8) is 0 Å². The van der Waals surface area contributed by atoms with Gasteiger partial charge in [0, 0.05) is 39.1 Å². The third-order valence-corrected chi connectivity index (χ3v) is 4.24. The Morgan fingerprint density at radius 1 is 1.53 bits per heavy atom. The van der Waals surface area contributed by atoms with E-state index < -0.39 is 10.0 Å². The van der Waals surface area contributed by atoms with Crippen LogP contribution in [0.25, 0.3) is 0 Å². The van der Waals surface area contributed by atoms with Crippen molar-refractivity contribution in [1.29, 1.82) is 0 Å². The molecule has 1 aromatic rings. The quantitative estimate of drug-likeness (QED) is 0.724. The minimum absolute atomic E-state index is 0.279. The lowest BCUT2D eigenvalue weighted by molar-refractivity contribution is 0.185. The van der Waals surface area contributed by atoms with Crippen molar-refractivity contribution < 1.29 is 13.2 Å². The molecule has 1 rings (SSSR count). The molecule has 17 heavy (non-hydrogen) atoms. The summed E-state index contributed by atoms with van der Waals surface area (Å²) >= 11 is 0. The molecule has 0 atom stereocenters. The van der Waals surface area contributed by atoms with Gasteiger partial charge in [-0.15, -0.1) is 0 Å². The zero-order valence-electron chi connectivity index (χ0n) is 10.4. The summed E-state index contributed by atoms with van der Waals surface area (Å²) in [6, 6.07) is 1.63. The molecule has 0 amide bonds. The lowest BCUT2D eigenvalue weighted by atomic mass is 10.4. The highest BCUT2D eigenvalue weighted by Gasteiger charge is 2.21. The van der Waals surface area contributed by atoms with E-state index in [1.807, 2.05) is 0 Å². The average Bonchev–Trinajstić information content (AvgIpc) is 2.75. The zero-order chi connectivity index (χ0) is 12.9. The summed E-state index contributed by atoms with van der Waals surface area (Å²) in [7, 11) is 1.48. The number of ether oxygens (including phenoxy) is 1. The van der Waals surface area contributed by atoms with E-state index in [1.54, 1.807) is 27.3 Å². The van der Waals surface area contributed by atoms with E-state index in [-0.39, 0.29) is 4.90 Å². The molecule has 0 radical (unpaired) electrons. The van der Waals surface area contributed by atoms with Crippen LogP contribution >= 0.6 is 0 Å². The van der Waals surface area contributed by atoms with E-state index >= 15 is 0 Å². The minimum atomic E-state index is -3.41. The van der Waals surface area contributed by atoms with Crippen LogP contribution in [0.5, 0.6) is 0 Å². The molecule has 0 fully saturated rings. The number of nitrogens with one attached hydrogen (secondary N) is 2. The summed E-state index contributed by atoms with van der Waals surface area (Å²) in [6.45, 7) is 1.33. The first-order valence-corrected chi connectivity index (χ1v) is 6.73. The van der Waals surface area contributed by atoms with Gasteiger partial charge in [0.2, 0.25) is 10.0 Å². The van der Waals surface area contributed by atoms with Gasteiger partial charge in [-0.1, -0.05) is 0 Å². The van der Waals surface area contributed by atoms with Gasteiger partial charge < -0.3 is 15.0 Å². The molecule has 1 aromatic heterocycles. The second kappa shape index (κ2) is 6.15. The van der Waals surface area contributed by atoms with Gasteiger partial charge in [0.1, 0.15) is 0 Å². The molecule has 0 aromatic carbocycles. The van der Waals surface area contributed by atoms with E-state index in [1.165, 1.54) is 10.5 Å². The van der Waals surface area contributed by atoms with Crippen molar-refractivity contribution in [2.24, 2.45) is 0 Å². The first-order valence-electron chi connectivity index (χ1n) is 5.29. The van der Waals surface area contributed by atoms with Crippen LogP contribution in [-0.2, 0) is 21.3 Å². The fraction of sp³-hybridized carbons (Fsp3) is 0.600. The van der Waals surface area contributed by atoms with Gasteiger partial charge in [0.25, 0.3) is 0 Å². The van der Waals surface area contributed by atoms with Gasteiger partial charge in [0.15, 0.2) is 0 Å². The number of likely N-dealkylation sites (N-methyl/N-ethyl adjacent to an activating group) is 1. The van der Waals surface area contributed by atoms with E-state index in [0.29, 0.717) is 19.7 Å². The van der Waals surface area contributed by atoms with Crippen molar-refractivity contribution in [3.05, 3.63) is 18.0 Å². The molecule has 0 bridgehead atoms. The molecule has 1 heterocycles.